The zero-order valence-corrected chi connectivity index (χ0v) is 12.6. The van der Waals surface area contributed by atoms with Crippen molar-refractivity contribution in [1.29, 1.82) is 0 Å². The maximum atomic E-state index is 12.6. The Morgan fingerprint density at radius 3 is 2.57 bits per heavy atom. The highest BCUT2D eigenvalue weighted by Gasteiger charge is 2.31. The molecule has 0 heterocycles. The number of allylic oxidation sites excluding steroid dienone is 1. The van der Waals surface area contributed by atoms with E-state index in [9.17, 15) is 18.0 Å². The van der Waals surface area contributed by atoms with E-state index in [0.717, 1.165) is 18.2 Å². The molecule has 0 saturated carbocycles. The zero-order chi connectivity index (χ0) is 17.0. The molecule has 2 aromatic carbocycles. The van der Waals surface area contributed by atoms with Gasteiger partial charge in [0.05, 0.1) is 10.6 Å². The maximum Gasteiger partial charge on any atom is 0.416 e. The van der Waals surface area contributed by atoms with Crippen LogP contribution in [0, 0.1) is 0 Å². The summed E-state index contributed by atoms with van der Waals surface area (Å²) in [6.07, 6.45) is -2.80. The van der Waals surface area contributed by atoms with Gasteiger partial charge in [-0.1, -0.05) is 29.8 Å². The molecule has 120 valence electrons. The van der Waals surface area contributed by atoms with Crippen LogP contribution in [0.15, 0.2) is 55.1 Å². The van der Waals surface area contributed by atoms with Crippen LogP contribution in [-0.4, -0.2) is 5.78 Å². The average Bonchev–Trinajstić information content (AvgIpc) is 2.49. The molecule has 0 saturated heterocycles. The number of Topliss-reactive ketones (excluding diaryl/α,β-unsaturated/α-hetero) is 1. The van der Waals surface area contributed by atoms with Gasteiger partial charge < -0.3 is 4.74 Å². The van der Waals surface area contributed by atoms with Crippen molar-refractivity contribution in [1.82, 2.24) is 0 Å². The monoisotopic (exact) mass is 340 g/mol. The van der Waals surface area contributed by atoms with Gasteiger partial charge in [0, 0.05) is 12.0 Å². The van der Waals surface area contributed by atoms with Crippen LogP contribution in [0.1, 0.15) is 22.3 Å². The van der Waals surface area contributed by atoms with E-state index >= 15 is 0 Å². The number of rotatable bonds is 5. The smallest absolute Gasteiger partial charge is 0.416 e. The van der Waals surface area contributed by atoms with E-state index in [0.29, 0.717) is 11.3 Å². The van der Waals surface area contributed by atoms with Crippen LogP contribution in [0.5, 0.6) is 11.5 Å². The van der Waals surface area contributed by atoms with Gasteiger partial charge in [0.25, 0.3) is 0 Å². The number of carbonyl (C=O) groups excluding carboxylic acids is 1. The molecule has 2 nitrogen and oxygen atoms in total. The molecule has 2 rings (SSSR count). The molecule has 0 spiro atoms. The molecule has 0 aliphatic rings. The third-order valence-corrected chi connectivity index (χ3v) is 3.27. The second kappa shape index (κ2) is 6.87. The summed E-state index contributed by atoms with van der Waals surface area (Å²) in [5, 5.41) is -0.164. The van der Waals surface area contributed by atoms with Gasteiger partial charge in [-0.2, -0.15) is 13.2 Å². The number of ether oxygens (including phenoxy) is 1. The minimum absolute atomic E-state index is 0.0768. The summed E-state index contributed by atoms with van der Waals surface area (Å²) in [5.41, 5.74) is -0.435. The number of alkyl halides is 3. The van der Waals surface area contributed by atoms with Crippen LogP contribution in [0.2, 0.25) is 5.02 Å². The summed E-state index contributed by atoms with van der Waals surface area (Å²) in [5.74, 6) is 0.249. The topological polar surface area (TPSA) is 26.3 Å². The quantitative estimate of drug-likeness (QED) is 0.499. The van der Waals surface area contributed by atoms with Crippen molar-refractivity contribution < 1.29 is 22.7 Å². The van der Waals surface area contributed by atoms with Gasteiger partial charge in [-0.25, -0.2) is 0 Å². The van der Waals surface area contributed by atoms with E-state index in [2.05, 4.69) is 6.58 Å². The van der Waals surface area contributed by atoms with E-state index < -0.39 is 11.7 Å². The van der Waals surface area contributed by atoms with Gasteiger partial charge in [-0.15, -0.1) is 6.58 Å². The summed E-state index contributed by atoms with van der Waals surface area (Å²) >= 11 is 5.83. The molecule has 2 aromatic rings. The summed E-state index contributed by atoms with van der Waals surface area (Å²) in [6, 6.07) is 9.14. The van der Waals surface area contributed by atoms with E-state index in [1.807, 2.05) is 0 Å². The molecule has 0 fully saturated rings. The second-order valence-corrected chi connectivity index (χ2v) is 5.10. The van der Waals surface area contributed by atoms with Crippen molar-refractivity contribution in [3.63, 3.8) is 0 Å². The lowest BCUT2D eigenvalue weighted by molar-refractivity contribution is -0.137. The van der Waals surface area contributed by atoms with Crippen LogP contribution >= 0.6 is 11.6 Å². The summed E-state index contributed by atoms with van der Waals surface area (Å²) in [7, 11) is 0. The van der Waals surface area contributed by atoms with Crippen molar-refractivity contribution in [2.75, 3.05) is 0 Å². The summed E-state index contributed by atoms with van der Waals surface area (Å²) in [4.78, 5) is 11.8. The van der Waals surface area contributed by atoms with Crippen LogP contribution in [-0.2, 0) is 6.18 Å². The molecular formula is C17H12ClF3O2. The first-order chi connectivity index (χ1) is 10.8. The van der Waals surface area contributed by atoms with Crippen LogP contribution in [0.25, 0.3) is 0 Å². The Morgan fingerprint density at radius 1 is 1.22 bits per heavy atom. The van der Waals surface area contributed by atoms with Crippen LogP contribution in [0.3, 0.4) is 0 Å². The average molecular weight is 341 g/mol. The Hall–Kier alpha value is -2.27. The third-order valence-electron chi connectivity index (χ3n) is 2.97. The zero-order valence-electron chi connectivity index (χ0n) is 11.9. The van der Waals surface area contributed by atoms with E-state index in [4.69, 9.17) is 16.3 Å². The first kappa shape index (κ1) is 17.1. The van der Waals surface area contributed by atoms with Gasteiger partial charge in [0.1, 0.15) is 11.5 Å². The molecule has 0 atom stereocenters. The normalized spacial score (nSPS) is 11.1. The molecule has 0 amide bonds. The Labute approximate surface area is 136 Å². The Kier molecular flexibility index (Phi) is 5.11. The number of hydrogen-bond acceptors (Lipinski definition) is 2. The lowest BCUT2D eigenvalue weighted by Crippen LogP contribution is -2.04. The van der Waals surface area contributed by atoms with E-state index in [1.54, 1.807) is 18.2 Å². The maximum absolute atomic E-state index is 12.6. The van der Waals surface area contributed by atoms with Crippen molar-refractivity contribution >= 4 is 17.4 Å². The fraction of sp³-hybridized carbons (Fsp3) is 0.118. The molecule has 0 aromatic heterocycles. The van der Waals surface area contributed by atoms with E-state index in [1.165, 1.54) is 12.1 Å². The Bertz CT molecular complexity index is 739. The van der Waals surface area contributed by atoms with Gasteiger partial charge in [-0.3, -0.25) is 4.79 Å². The molecule has 0 radical (unpaired) electrons. The van der Waals surface area contributed by atoms with Crippen LogP contribution < -0.4 is 4.74 Å². The van der Waals surface area contributed by atoms with Gasteiger partial charge in [-0.05, 0) is 30.3 Å². The first-order valence-electron chi connectivity index (χ1n) is 6.60. The first-order valence-corrected chi connectivity index (χ1v) is 6.98. The fourth-order valence-corrected chi connectivity index (χ4v) is 2.09. The van der Waals surface area contributed by atoms with Crippen molar-refractivity contribution in [2.45, 2.75) is 12.6 Å². The van der Waals surface area contributed by atoms with Crippen molar-refractivity contribution in [3.05, 3.63) is 71.3 Å². The van der Waals surface area contributed by atoms with Gasteiger partial charge in [0.2, 0.25) is 0 Å². The van der Waals surface area contributed by atoms with Crippen molar-refractivity contribution in [3.8, 4) is 11.5 Å². The Morgan fingerprint density at radius 2 is 1.96 bits per heavy atom. The number of benzene rings is 2. The summed E-state index contributed by atoms with van der Waals surface area (Å²) in [6.45, 7) is 3.49. The highest BCUT2D eigenvalue weighted by Crippen LogP contribution is 2.36. The molecular weight excluding hydrogens is 329 g/mol. The van der Waals surface area contributed by atoms with Crippen molar-refractivity contribution in [2.24, 2.45) is 0 Å². The number of ketones is 1. The highest BCUT2D eigenvalue weighted by molar-refractivity contribution is 6.32. The number of halogens is 4. The van der Waals surface area contributed by atoms with Gasteiger partial charge in [0.15, 0.2) is 5.78 Å². The molecule has 6 heteroatoms. The molecule has 0 N–H and O–H groups in total. The second-order valence-electron chi connectivity index (χ2n) is 4.69. The number of hydrogen-bond donors (Lipinski definition) is 0. The Balaban J connectivity index is 2.24. The molecule has 0 unspecified atom stereocenters. The lowest BCUT2D eigenvalue weighted by Gasteiger charge is -2.11. The largest absolute Gasteiger partial charge is 0.456 e. The minimum atomic E-state index is -4.47. The highest BCUT2D eigenvalue weighted by atomic mass is 35.5. The lowest BCUT2D eigenvalue weighted by atomic mass is 10.1. The number of carbonyl (C=O) groups is 1. The fourth-order valence-electron chi connectivity index (χ4n) is 1.87. The van der Waals surface area contributed by atoms with E-state index in [-0.39, 0.29) is 23.0 Å². The predicted octanol–water partition coefficient (Wildman–Crippen LogP) is 5.91. The third kappa shape index (κ3) is 4.36. The minimum Gasteiger partial charge on any atom is -0.456 e. The SMILES string of the molecule is C=CCC(=O)c1cccc(Oc2ccc(C(F)(F)F)cc2Cl)c1. The molecule has 0 aliphatic heterocycles. The summed E-state index contributed by atoms with van der Waals surface area (Å²) < 4.78 is 43.3. The molecule has 23 heavy (non-hydrogen) atoms. The molecule has 0 bridgehead atoms. The van der Waals surface area contributed by atoms with Gasteiger partial charge >= 0.3 is 6.18 Å². The predicted molar refractivity (Wildman–Crippen MR) is 82.1 cm³/mol. The standard InChI is InChI=1S/C17H12ClF3O2/c1-2-4-15(22)11-5-3-6-13(9-11)23-16-8-7-12(10-14(16)18)17(19,20)21/h2-3,5-10H,1,4H2. The molecule has 0 aliphatic carbocycles. The van der Waals surface area contributed by atoms with Crippen LogP contribution in [0.4, 0.5) is 13.2 Å².